The normalized spacial score (nSPS) is 14.8. The number of amides is 1. The Hall–Kier alpha value is -1.27. The molecule has 1 aliphatic rings. The predicted molar refractivity (Wildman–Crippen MR) is 80.3 cm³/mol. The minimum absolute atomic E-state index is 0.101. The quantitative estimate of drug-likeness (QED) is 0.751. The molecule has 1 saturated carbocycles. The van der Waals surface area contributed by atoms with Gasteiger partial charge in [-0.1, -0.05) is 0 Å². The number of ether oxygens (including phenoxy) is 1. The number of methoxy groups -OCH3 is 1. The Morgan fingerprint density at radius 2 is 2.10 bits per heavy atom. The van der Waals surface area contributed by atoms with E-state index in [9.17, 15) is 13.2 Å². The zero-order valence-corrected chi connectivity index (χ0v) is 13.6. The molecule has 1 fully saturated rings. The maximum absolute atomic E-state index is 12.6. The molecule has 0 bridgehead atoms. The van der Waals surface area contributed by atoms with Gasteiger partial charge >= 0.3 is 0 Å². The van der Waals surface area contributed by atoms with E-state index in [0.717, 1.165) is 12.8 Å². The van der Waals surface area contributed by atoms with Crippen molar-refractivity contribution in [2.75, 3.05) is 20.2 Å². The van der Waals surface area contributed by atoms with E-state index in [4.69, 9.17) is 15.4 Å². The molecular formula is C14H18ClNO4S. The summed E-state index contributed by atoms with van der Waals surface area (Å²) >= 11 is 0. The van der Waals surface area contributed by atoms with Gasteiger partial charge < -0.3 is 9.64 Å². The van der Waals surface area contributed by atoms with Gasteiger partial charge in [0.1, 0.15) is 5.75 Å². The standard InChI is InChI=1S/C14H18ClNO4S/c1-3-16(9-10-4-5-10)14(17)12-8-11(21(15,18)19)6-7-13(12)20-2/h6-8,10H,3-5,9H2,1-2H3. The van der Waals surface area contributed by atoms with Crippen molar-refractivity contribution in [2.24, 2.45) is 5.92 Å². The van der Waals surface area contributed by atoms with Gasteiger partial charge in [0.05, 0.1) is 17.6 Å². The van der Waals surface area contributed by atoms with Crippen LogP contribution in [0.5, 0.6) is 5.75 Å². The topological polar surface area (TPSA) is 63.7 Å². The molecule has 1 aromatic carbocycles. The highest BCUT2D eigenvalue weighted by Crippen LogP contribution is 2.31. The molecule has 1 amide bonds. The molecule has 0 unspecified atom stereocenters. The summed E-state index contributed by atoms with van der Waals surface area (Å²) < 4.78 is 28.0. The van der Waals surface area contributed by atoms with Crippen LogP contribution in [-0.4, -0.2) is 39.4 Å². The van der Waals surface area contributed by atoms with E-state index in [1.165, 1.54) is 25.3 Å². The van der Waals surface area contributed by atoms with E-state index in [0.29, 0.717) is 24.8 Å². The largest absolute Gasteiger partial charge is 0.496 e. The second-order valence-electron chi connectivity index (χ2n) is 5.09. The van der Waals surface area contributed by atoms with E-state index in [-0.39, 0.29) is 16.4 Å². The summed E-state index contributed by atoms with van der Waals surface area (Å²) in [5.74, 6) is 0.668. The van der Waals surface area contributed by atoms with Gasteiger partial charge in [-0.25, -0.2) is 8.42 Å². The zero-order chi connectivity index (χ0) is 15.6. The lowest BCUT2D eigenvalue weighted by Gasteiger charge is -2.22. The molecule has 21 heavy (non-hydrogen) atoms. The number of hydrogen-bond donors (Lipinski definition) is 0. The molecular weight excluding hydrogens is 314 g/mol. The summed E-state index contributed by atoms with van der Waals surface area (Å²) in [5, 5.41) is 0. The second-order valence-corrected chi connectivity index (χ2v) is 7.65. The minimum Gasteiger partial charge on any atom is -0.496 e. The molecule has 0 aliphatic heterocycles. The van der Waals surface area contributed by atoms with Crippen molar-refractivity contribution in [3.05, 3.63) is 23.8 Å². The number of carbonyl (C=O) groups is 1. The van der Waals surface area contributed by atoms with E-state index < -0.39 is 9.05 Å². The highest BCUT2D eigenvalue weighted by molar-refractivity contribution is 8.13. The third kappa shape index (κ3) is 3.89. The van der Waals surface area contributed by atoms with Crippen LogP contribution in [0.4, 0.5) is 0 Å². The summed E-state index contributed by atoms with van der Waals surface area (Å²) in [7, 11) is 2.91. The molecule has 1 aliphatic carbocycles. The fourth-order valence-electron chi connectivity index (χ4n) is 2.14. The van der Waals surface area contributed by atoms with Crippen LogP contribution >= 0.6 is 10.7 Å². The van der Waals surface area contributed by atoms with Crippen molar-refractivity contribution in [2.45, 2.75) is 24.7 Å². The van der Waals surface area contributed by atoms with Crippen molar-refractivity contribution in [3.63, 3.8) is 0 Å². The first kappa shape index (κ1) is 16.1. The van der Waals surface area contributed by atoms with E-state index in [2.05, 4.69) is 0 Å². The summed E-state index contributed by atoms with van der Waals surface area (Å²) in [4.78, 5) is 14.2. The van der Waals surface area contributed by atoms with Crippen molar-refractivity contribution in [1.29, 1.82) is 0 Å². The molecule has 2 rings (SSSR count). The molecule has 0 spiro atoms. The molecule has 0 saturated heterocycles. The van der Waals surface area contributed by atoms with Crippen LogP contribution in [0.1, 0.15) is 30.1 Å². The molecule has 1 aromatic rings. The fourth-order valence-corrected chi connectivity index (χ4v) is 2.92. The number of carbonyl (C=O) groups excluding carboxylic acids is 1. The zero-order valence-electron chi connectivity index (χ0n) is 12.0. The molecule has 116 valence electrons. The van der Waals surface area contributed by atoms with Gasteiger partial charge in [0.15, 0.2) is 0 Å². The monoisotopic (exact) mass is 331 g/mol. The van der Waals surface area contributed by atoms with Crippen LogP contribution in [0, 0.1) is 5.92 Å². The molecule has 0 atom stereocenters. The van der Waals surface area contributed by atoms with Crippen molar-refractivity contribution < 1.29 is 17.9 Å². The SMILES string of the molecule is CCN(CC1CC1)C(=O)c1cc(S(=O)(=O)Cl)ccc1OC. The molecule has 5 nitrogen and oxygen atoms in total. The van der Waals surface area contributed by atoms with Gasteiger partial charge in [-0.3, -0.25) is 4.79 Å². The number of nitrogens with zero attached hydrogens (tertiary/aromatic N) is 1. The fraction of sp³-hybridized carbons (Fsp3) is 0.500. The smallest absolute Gasteiger partial charge is 0.261 e. The molecule has 0 N–H and O–H groups in total. The van der Waals surface area contributed by atoms with Crippen molar-refractivity contribution in [1.82, 2.24) is 4.90 Å². The molecule has 0 aromatic heterocycles. The third-order valence-electron chi connectivity index (χ3n) is 3.53. The average molecular weight is 332 g/mol. The molecule has 0 radical (unpaired) electrons. The summed E-state index contributed by atoms with van der Waals surface area (Å²) in [6.07, 6.45) is 2.27. The molecule has 0 heterocycles. The van der Waals surface area contributed by atoms with Crippen molar-refractivity contribution in [3.8, 4) is 5.75 Å². The maximum atomic E-state index is 12.6. The van der Waals surface area contributed by atoms with Gasteiger partial charge in [0, 0.05) is 23.8 Å². The first-order valence-corrected chi connectivity index (χ1v) is 9.09. The lowest BCUT2D eigenvalue weighted by Crippen LogP contribution is -2.33. The van der Waals surface area contributed by atoms with E-state index in [1.807, 2.05) is 6.92 Å². The van der Waals surface area contributed by atoms with Crippen LogP contribution in [0.2, 0.25) is 0 Å². The number of rotatable bonds is 6. The van der Waals surface area contributed by atoms with E-state index in [1.54, 1.807) is 4.90 Å². The number of halogens is 1. The van der Waals surface area contributed by atoms with Gasteiger partial charge in [-0.2, -0.15) is 0 Å². The third-order valence-corrected chi connectivity index (χ3v) is 4.88. The first-order chi connectivity index (χ1) is 9.86. The Bertz CT molecular complexity index is 640. The van der Waals surface area contributed by atoms with Gasteiger partial charge in [0.25, 0.3) is 15.0 Å². The minimum atomic E-state index is -3.88. The second kappa shape index (κ2) is 6.23. The Morgan fingerprint density at radius 1 is 1.43 bits per heavy atom. The molecule has 7 heteroatoms. The van der Waals surface area contributed by atoms with Gasteiger partial charge in [-0.15, -0.1) is 0 Å². The Balaban J connectivity index is 2.36. The predicted octanol–water partition coefficient (Wildman–Crippen LogP) is 2.49. The highest BCUT2D eigenvalue weighted by atomic mass is 35.7. The summed E-state index contributed by atoms with van der Waals surface area (Å²) in [6, 6.07) is 4.06. The van der Waals surface area contributed by atoms with Crippen LogP contribution in [0.15, 0.2) is 23.1 Å². The number of hydrogen-bond acceptors (Lipinski definition) is 4. The summed E-state index contributed by atoms with van der Waals surface area (Å²) in [5.41, 5.74) is 0.224. The average Bonchev–Trinajstić information content (AvgIpc) is 3.26. The van der Waals surface area contributed by atoms with Crippen LogP contribution < -0.4 is 4.74 Å². The Labute approximate surface area is 129 Å². The highest BCUT2D eigenvalue weighted by Gasteiger charge is 2.28. The van der Waals surface area contributed by atoms with Gasteiger partial charge in [-0.05, 0) is 43.9 Å². The lowest BCUT2D eigenvalue weighted by atomic mass is 10.1. The number of benzene rings is 1. The van der Waals surface area contributed by atoms with Crippen LogP contribution in [-0.2, 0) is 9.05 Å². The Kier molecular flexibility index (Phi) is 4.78. The van der Waals surface area contributed by atoms with Crippen molar-refractivity contribution >= 4 is 25.6 Å². The maximum Gasteiger partial charge on any atom is 0.261 e. The van der Waals surface area contributed by atoms with Gasteiger partial charge in [0.2, 0.25) is 0 Å². The first-order valence-electron chi connectivity index (χ1n) is 6.78. The lowest BCUT2D eigenvalue weighted by molar-refractivity contribution is 0.0753. The van der Waals surface area contributed by atoms with Crippen LogP contribution in [0.25, 0.3) is 0 Å². The van der Waals surface area contributed by atoms with Crippen LogP contribution in [0.3, 0.4) is 0 Å². The summed E-state index contributed by atoms with van der Waals surface area (Å²) in [6.45, 7) is 3.15. The Morgan fingerprint density at radius 3 is 2.57 bits per heavy atom. The van der Waals surface area contributed by atoms with E-state index >= 15 is 0 Å².